The molecule has 0 bridgehead atoms. The lowest BCUT2D eigenvalue weighted by molar-refractivity contribution is 0.122. The molecule has 7 nitrogen and oxygen atoms in total. The topological polar surface area (TPSA) is 76.3 Å². The molecule has 1 saturated heterocycles. The summed E-state index contributed by atoms with van der Waals surface area (Å²) in [6.07, 6.45) is 0. The van der Waals surface area contributed by atoms with Gasteiger partial charge in [0.15, 0.2) is 5.82 Å². The molecule has 4 rings (SSSR count). The van der Waals surface area contributed by atoms with E-state index in [9.17, 15) is 0 Å². The highest BCUT2D eigenvalue weighted by Crippen LogP contribution is 2.25. The summed E-state index contributed by atoms with van der Waals surface area (Å²) in [5.74, 6) is 2.70. The van der Waals surface area contributed by atoms with E-state index < -0.39 is 0 Å². The fraction of sp³-hybridized carbons (Fsp3) is 0.278. The average molecular weight is 337 g/mol. The Morgan fingerprint density at radius 3 is 2.56 bits per heavy atom. The molecule has 0 saturated carbocycles. The Balaban J connectivity index is 1.71. The molecule has 0 aliphatic carbocycles. The number of nitrogens with one attached hydrogen (secondary N) is 1. The normalized spacial score (nSPS) is 14.5. The maximum Gasteiger partial charge on any atom is 0.231 e. The van der Waals surface area contributed by atoms with Crippen molar-refractivity contribution < 1.29 is 9.26 Å². The summed E-state index contributed by atoms with van der Waals surface area (Å²) in [7, 11) is 0. The van der Waals surface area contributed by atoms with Crippen molar-refractivity contribution in [2.45, 2.75) is 6.92 Å². The zero-order chi connectivity index (χ0) is 17.1. The summed E-state index contributed by atoms with van der Waals surface area (Å²) in [6.45, 7) is 4.88. The Labute approximate surface area is 145 Å². The van der Waals surface area contributed by atoms with Crippen molar-refractivity contribution in [3.05, 3.63) is 48.2 Å². The van der Waals surface area contributed by atoms with Gasteiger partial charge in [0.05, 0.1) is 18.9 Å². The van der Waals surface area contributed by atoms with Gasteiger partial charge in [-0.25, -0.2) is 4.98 Å². The fourth-order valence-corrected chi connectivity index (χ4v) is 2.74. The molecular weight excluding hydrogens is 318 g/mol. The molecule has 0 amide bonds. The maximum atomic E-state index is 5.44. The Morgan fingerprint density at radius 1 is 1.04 bits per heavy atom. The minimum atomic E-state index is 0.496. The zero-order valence-corrected chi connectivity index (χ0v) is 14.0. The molecule has 2 aromatic heterocycles. The van der Waals surface area contributed by atoms with Crippen LogP contribution in [0.15, 0.2) is 47.0 Å². The summed E-state index contributed by atoms with van der Waals surface area (Å²) in [5, 5.41) is 7.09. The molecule has 128 valence electrons. The minimum Gasteiger partial charge on any atom is -0.378 e. The first-order valence-corrected chi connectivity index (χ1v) is 8.25. The van der Waals surface area contributed by atoms with Crippen molar-refractivity contribution in [1.29, 1.82) is 0 Å². The lowest BCUT2D eigenvalue weighted by Crippen LogP contribution is -2.36. The first-order valence-electron chi connectivity index (χ1n) is 8.25. The molecule has 1 N–H and O–H groups in total. The number of hydrogen-bond acceptors (Lipinski definition) is 7. The fourth-order valence-electron chi connectivity index (χ4n) is 2.74. The van der Waals surface area contributed by atoms with Crippen molar-refractivity contribution in [2.75, 3.05) is 36.5 Å². The standard InChI is InChI=1S/C18H19N5O2/c1-13-11-16(22-25-13)20-18-19-15(14-5-3-2-4-6-14)12-17(21-18)23-7-9-24-10-8-23/h2-6,11-12H,7-10H2,1H3,(H,19,20,21,22). The van der Waals surface area contributed by atoms with Crippen LogP contribution in [0.2, 0.25) is 0 Å². The molecule has 0 unspecified atom stereocenters. The minimum absolute atomic E-state index is 0.496. The summed E-state index contributed by atoms with van der Waals surface area (Å²) in [5.41, 5.74) is 1.90. The van der Waals surface area contributed by atoms with Crippen molar-refractivity contribution >= 4 is 17.6 Å². The summed E-state index contributed by atoms with van der Waals surface area (Å²) in [4.78, 5) is 11.5. The number of rotatable bonds is 4. The van der Waals surface area contributed by atoms with Crippen LogP contribution in [0.3, 0.4) is 0 Å². The van der Waals surface area contributed by atoms with E-state index >= 15 is 0 Å². The lowest BCUT2D eigenvalue weighted by atomic mass is 10.1. The molecule has 7 heteroatoms. The van der Waals surface area contributed by atoms with E-state index in [2.05, 4.69) is 25.3 Å². The van der Waals surface area contributed by atoms with E-state index in [4.69, 9.17) is 9.26 Å². The van der Waals surface area contributed by atoms with Gasteiger partial charge in [0, 0.05) is 30.8 Å². The Hall–Kier alpha value is -2.93. The number of hydrogen-bond donors (Lipinski definition) is 1. The third-order valence-corrected chi connectivity index (χ3v) is 3.99. The Bertz CT molecular complexity index is 844. The third kappa shape index (κ3) is 3.61. The lowest BCUT2D eigenvalue weighted by Gasteiger charge is -2.28. The third-order valence-electron chi connectivity index (χ3n) is 3.99. The quantitative estimate of drug-likeness (QED) is 0.784. The molecule has 0 radical (unpaired) electrons. The van der Waals surface area contributed by atoms with Gasteiger partial charge in [-0.15, -0.1) is 0 Å². The first-order chi connectivity index (χ1) is 12.3. The van der Waals surface area contributed by atoms with Crippen LogP contribution >= 0.6 is 0 Å². The number of aryl methyl sites for hydroxylation is 1. The number of morpholine rings is 1. The predicted octanol–water partition coefficient (Wildman–Crippen LogP) is 3.02. The average Bonchev–Trinajstić information content (AvgIpc) is 3.07. The van der Waals surface area contributed by atoms with Crippen LogP contribution in [0.4, 0.5) is 17.6 Å². The Morgan fingerprint density at radius 2 is 1.84 bits per heavy atom. The zero-order valence-electron chi connectivity index (χ0n) is 14.0. The van der Waals surface area contributed by atoms with Gasteiger partial charge in [-0.1, -0.05) is 35.5 Å². The van der Waals surface area contributed by atoms with Crippen LogP contribution in [-0.2, 0) is 4.74 Å². The highest BCUT2D eigenvalue weighted by atomic mass is 16.5. The molecule has 1 aromatic carbocycles. The smallest absolute Gasteiger partial charge is 0.231 e. The van der Waals surface area contributed by atoms with Gasteiger partial charge in [0.25, 0.3) is 0 Å². The van der Waals surface area contributed by atoms with Gasteiger partial charge in [-0.3, -0.25) is 0 Å². The number of anilines is 3. The highest BCUT2D eigenvalue weighted by Gasteiger charge is 2.16. The monoisotopic (exact) mass is 337 g/mol. The number of benzene rings is 1. The molecule has 3 heterocycles. The van der Waals surface area contributed by atoms with Crippen molar-refractivity contribution in [3.63, 3.8) is 0 Å². The van der Waals surface area contributed by atoms with Crippen molar-refractivity contribution in [1.82, 2.24) is 15.1 Å². The summed E-state index contributed by atoms with van der Waals surface area (Å²) < 4.78 is 10.5. The SMILES string of the molecule is Cc1cc(Nc2nc(-c3ccccc3)cc(N3CCOCC3)n2)no1. The van der Waals surface area contributed by atoms with Gasteiger partial charge in [0.2, 0.25) is 5.95 Å². The molecule has 1 fully saturated rings. The predicted molar refractivity (Wildman–Crippen MR) is 95.0 cm³/mol. The molecular formula is C18H19N5O2. The van der Waals surface area contributed by atoms with Gasteiger partial charge >= 0.3 is 0 Å². The number of nitrogens with zero attached hydrogens (tertiary/aromatic N) is 4. The maximum absolute atomic E-state index is 5.44. The van der Waals surface area contributed by atoms with E-state index in [0.29, 0.717) is 25.0 Å². The van der Waals surface area contributed by atoms with E-state index in [1.807, 2.05) is 49.4 Å². The van der Waals surface area contributed by atoms with E-state index in [1.54, 1.807) is 0 Å². The number of aromatic nitrogens is 3. The van der Waals surface area contributed by atoms with Crippen LogP contribution < -0.4 is 10.2 Å². The summed E-state index contributed by atoms with van der Waals surface area (Å²) in [6, 6.07) is 13.9. The molecule has 3 aromatic rings. The van der Waals surface area contributed by atoms with E-state index in [0.717, 1.165) is 35.9 Å². The summed E-state index contributed by atoms with van der Waals surface area (Å²) >= 11 is 0. The Kier molecular flexibility index (Phi) is 4.30. The van der Waals surface area contributed by atoms with Gasteiger partial charge in [0.1, 0.15) is 11.6 Å². The van der Waals surface area contributed by atoms with Gasteiger partial charge in [-0.2, -0.15) is 4.98 Å². The van der Waals surface area contributed by atoms with Crippen LogP contribution in [0.1, 0.15) is 5.76 Å². The van der Waals surface area contributed by atoms with Gasteiger partial charge < -0.3 is 19.5 Å². The highest BCUT2D eigenvalue weighted by molar-refractivity contribution is 5.66. The van der Waals surface area contributed by atoms with Crippen LogP contribution in [0.5, 0.6) is 0 Å². The van der Waals surface area contributed by atoms with Crippen LogP contribution in [-0.4, -0.2) is 41.4 Å². The molecule has 0 spiro atoms. The second-order valence-corrected chi connectivity index (χ2v) is 5.85. The molecule has 1 aliphatic heterocycles. The molecule has 25 heavy (non-hydrogen) atoms. The second kappa shape index (κ2) is 6.90. The van der Waals surface area contributed by atoms with Crippen molar-refractivity contribution in [3.8, 4) is 11.3 Å². The van der Waals surface area contributed by atoms with Gasteiger partial charge in [-0.05, 0) is 6.92 Å². The van der Waals surface area contributed by atoms with Crippen LogP contribution in [0.25, 0.3) is 11.3 Å². The molecule has 0 atom stereocenters. The van der Waals surface area contributed by atoms with E-state index in [1.165, 1.54) is 0 Å². The van der Waals surface area contributed by atoms with E-state index in [-0.39, 0.29) is 0 Å². The van der Waals surface area contributed by atoms with Crippen LogP contribution in [0, 0.1) is 6.92 Å². The first kappa shape index (κ1) is 15.6. The van der Waals surface area contributed by atoms with Crippen molar-refractivity contribution in [2.24, 2.45) is 0 Å². The second-order valence-electron chi connectivity index (χ2n) is 5.85. The largest absolute Gasteiger partial charge is 0.378 e. The molecule has 1 aliphatic rings. The number of ether oxygens (including phenoxy) is 1.